The lowest BCUT2D eigenvalue weighted by Gasteiger charge is -2.03. The first-order chi connectivity index (χ1) is 8.20. The molecule has 0 fully saturated rings. The lowest BCUT2D eigenvalue weighted by molar-refractivity contribution is 0.353. The van der Waals surface area contributed by atoms with E-state index in [4.69, 9.17) is 10.3 Å². The van der Waals surface area contributed by atoms with Crippen molar-refractivity contribution in [2.45, 2.75) is 12.5 Å². The average Bonchev–Trinajstić information content (AvgIpc) is 2.93. The summed E-state index contributed by atoms with van der Waals surface area (Å²) >= 11 is 1.75. The molecule has 1 atom stereocenters. The largest absolute Gasteiger partial charge is 0.337 e. The summed E-state index contributed by atoms with van der Waals surface area (Å²) in [6.45, 7) is 0. The Morgan fingerprint density at radius 2 is 2.41 bits per heavy atom. The lowest BCUT2D eigenvalue weighted by Crippen LogP contribution is -2.11. The molecule has 0 aliphatic carbocycles. The van der Waals surface area contributed by atoms with Crippen molar-refractivity contribution in [2.75, 3.05) is 12.0 Å². The minimum Gasteiger partial charge on any atom is -0.337 e. The normalized spacial score (nSPS) is 12.9. The van der Waals surface area contributed by atoms with E-state index in [1.54, 1.807) is 16.4 Å². The highest BCUT2D eigenvalue weighted by molar-refractivity contribution is 7.98. The summed E-state index contributed by atoms with van der Waals surface area (Å²) < 4.78 is 6.84. The summed E-state index contributed by atoms with van der Waals surface area (Å²) in [7, 11) is 1.84. The Balaban J connectivity index is 2.10. The molecule has 1 unspecified atom stereocenters. The zero-order valence-corrected chi connectivity index (χ0v) is 10.6. The zero-order chi connectivity index (χ0) is 12.3. The van der Waals surface area contributed by atoms with Gasteiger partial charge in [0.2, 0.25) is 11.7 Å². The average molecular weight is 253 g/mol. The third-order valence-electron chi connectivity index (χ3n) is 2.33. The third kappa shape index (κ3) is 2.86. The highest BCUT2D eigenvalue weighted by Gasteiger charge is 2.16. The summed E-state index contributed by atoms with van der Waals surface area (Å²) in [5.74, 6) is 1.93. The fourth-order valence-electron chi connectivity index (χ4n) is 1.39. The Hall–Kier alpha value is -1.34. The van der Waals surface area contributed by atoms with Crippen LogP contribution in [-0.4, -0.2) is 31.9 Å². The minimum atomic E-state index is -0.201. The summed E-state index contributed by atoms with van der Waals surface area (Å²) in [4.78, 5) is 4.26. The molecule has 92 valence electrons. The van der Waals surface area contributed by atoms with E-state index in [1.807, 2.05) is 25.6 Å². The molecule has 0 aliphatic heterocycles. The molecule has 2 aromatic rings. The molecule has 17 heavy (non-hydrogen) atoms. The van der Waals surface area contributed by atoms with Gasteiger partial charge in [-0.25, -0.2) is 0 Å². The van der Waals surface area contributed by atoms with E-state index < -0.39 is 0 Å². The molecule has 2 N–H and O–H groups in total. The Kier molecular flexibility index (Phi) is 3.80. The van der Waals surface area contributed by atoms with Crippen molar-refractivity contribution >= 4 is 11.8 Å². The van der Waals surface area contributed by atoms with E-state index in [0.717, 1.165) is 12.2 Å². The van der Waals surface area contributed by atoms with E-state index >= 15 is 0 Å². The molecule has 2 rings (SSSR count). The molecule has 0 bridgehead atoms. The molecule has 7 heteroatoms. The fourth-order valence-corrected chi connectivity index (χ4v) is 1.88. The lowest BCUT2D eigenvalue weighted by atomic mass is 10.2. The van der Waals surface area contributed by atoms with Crippen LogP contribution < -0.4 is 5.73 Å². The van der Waals surface area contributed by atoms with E-state index in [2.05, 4.69) is 15.2 Å². The van der Waals surface area contributed by atoms with E-state index in [1.165, 1.54) is 0 Å². The van der Waals surface area contributed by atoms with Gasteiger partial charge >= 0.3 is 0 Å². The van der Waals surface area contributed by atoms with Gasteiger partial charge in [0.05, 0.1) is 6.04 Å². The molecular formula is C10H15N5OS. The molecule has 0 aromatic carbocycles. The third-order valence-corrected chi connectivity index (χ3v) is 2.98. The van der Waals surface area contributed by atoms with Gasteiger partial charge in [-0.05, 0) is 24.5 Å². The first-order valence-electron chi connectivity index (χ1n) is 5.29. The number of aryl methyl sites for hydroxylation is 1. The maximum atomic E-state index is 5.94. The Bertz CT molecular complexity index is 481. The van der Waals surface area contributed by atoms with Crippen LogP contribution in [0.15, 0.2) is 16.8 Å². The molecule has 0 spiro atoms. The van der Waals surface area contributed by atoms with Gasteiger partial charge in [-0.2, -0.15) is 21.8 Å². The highest BCUT2D eigenvalue weighted by atomic mass is 32.2. The van der Waals surface area contributed by atoms with Crippen molar-refractivity contribution < 1.29 is 4.52 Å². The smallest absolute Gasteiger partial charge is 0.243 e. The van der Waals surface area contributed by atoms with Crippen molar-refractivity contribution in [1.29, 1.82) is 0 Å². The number of hydrogen-bond donors (Lipinski definition) is 1. The van der Waals surface area contributed by atoms with Crippen LogP contribution in [-0.2, 0) is 7.05 Å². The van der Waals surface area contributed by atoms with Gasteiger partial charge < -0.3 is 10.3 Å². The Labute approximate surface area is 104 Å². The van der Waals surface area contributed by atoms with Crippen LogP contribution in [0.4, 0.5) is 0 Å². The van der Waals surface area contributed by atoms with Crippen molar-refractivity contribution in [3.05, 3.63) is 18.2 Å². The standard InChI is InChI=1S/C10H15N5OS/c1-15-5-3-8(13-15)9-12-10(16-14-9)7(11)4-6-17-2/h3,5,7H,4,6,11H2,1-2H3. The van der Waals surface area contributed by atoms with Crippen molar-refractivity contribution in [3.63, 3.8) is 0 Å². The quantitative estimate of drug-likeness (QED) is 0.862. The second-order valence-corrected chi connectivity index (χ2v) is 4.70. The first-order valence-corrected chi connectivity index (χ1v) is 6.68. The molecule has 0 saturated heterocycles. The van der Waals surface area contributed by atoms with Crippen molar-refractivity contribution in [1.82, 2.24) is 19.9 Å². The van der Waals surface area contributed by atoms with E-state index in [0.29, 0.717) is 17.4 Å². The molecule has 0 amide bonds. The van der Waals surface area contributed by atoms with E-state index in [9.17, 15) is 0 Å². The molecule has 0 saturated carbocycles. The molecule has 2 heterocycles. The number of aromatic nitrogens is 4. The topological polar surface area (TPSA) is 82.8 Å². The number of thioether (sulfide) groups is 1. The second-order valence-electron chi connectivity index (χ2n) is 3.72. The Morgan fingerprint density at radius 3 is 3.06 bits per heavy atom. The first kappa shape index (κ1) is 12.1. The predicted octanol–water partition coefficient (Wildman–Crippen LogP) is 1.22. The maximum absolute atomic E-state index is 5.94. The molecular weight excluding hydrogens is 238 g/mol. The molecule has 2 aromatic heterocycles. The SMILES string of the molecule is CSCCC(N)c1nc(-c2ccn(C)n2)no1. The molecule has 0 aliphatic rings. The number of hydrogen-bond acceptors (Lipinski definition) is 6. The van der Waals surface area contributed by atoms with Crippen LogP contribution in [0.25, 0.3) is 11.5 Å². The van der Waals surface area contributed by atoms with Gasteiger partial charge in [0.1, 0.15) is 5.69 Å². The van der Waals surface area contributed by atoms with Gasteiger partial charge in [-0.1, -0.05) is 5.16 Å². The van der Waals surface area contributed by atoms with Crippen LogP contribution in [0.2, 0.25) is 0 Å². The molecule has 0 radical (unpaired) electrons. The van der Waals surface area contributed by atoms with Crippen LogP contribution in [0.1, 0.15) is 18.4 Å². The predicted molar refractivity (Wildman–Crippen MR) is 66.4 cm³/mol. The van der Waals surface area contributed by atoms with Gasteiger partial charge in [-0.3, -0.25) is 4.68 Å². The monoisotopic (exact) mass is 253 g/mol. The number of nitrogens with two attached hydrogens (primary N) is 1. The minimum absolute atomic E-state index is 0.201. The van der Waals surface area contributed by atoms with Crippen molar-refractivity contribution in [2.24, 2.45) is 12.8 Å². The zero-order valence-electron chi connectivity index (χ0n) is 9.83. The number of rotatable bonds is 5. The summed E-state index contributed by atoms with van der Waals surface area (Å²) in [6.07, 6.45) is 4.70. The fraction of sp³-hybridized carbons (Fsp3) is 0.500. The maximum Gasteiger partial charge on any atom is 0.243 e. The van der Waals surface area contributed by atoms with Gasteiger partial charge in [0.25, 0.3) is 0 Å². The van der Waals surface area contributed by atoms with Crippen molar-refractivity contribution in [3.8, 4) is 11.5 Å². The van der Waals surface area contributed by atoms with E-state index in [-0.39, 0.29) is 6.04 Å². The summed E-state index contributed by atoms with van der Waals surface area (Å²) in [5.41, 5.74) is 6.64. The van der Waals surface area contributed by atoms with Crippen LogP contribution in [0.5, 0.6) is 0 Å². The molecule has 6 nitrogen and oxygen atoms in total. The van der Waals surface area contributed by atoms with Gasteiger partial charge in [-0.15, -0.1) is 0 Å². The second kappa shape index (κ2) is 5.33. The summed E-state index contributed by atoms with van der Waals surface area (Å²) in [6, 6.07) is 1.63. The van der Waals surface area contributed by atoms with Crippen LogP contribution in [0, 0.1) is 0 Å². The highest BCUT2D eigenvalue weighted by Crippen LogP contribution is 2.18. The van der Waals surface area contributed by atoms with Crippen LogP contribution in [0.3, 0.4) is 0 Å². The van der Waals surface area contributed by atoms with Gasteiger partial charge in [0, 0.05) is 13.2 Å². The van der Waals surface area contributed by atoms with Crippen LogP contribution >= 0.6 is 11.8 Å². The Morgan fingerprint density at radius 1 is 1.59 bits per heavy atom. The van der Waals surface area contributed by atoms with Gasteiger partial charge in [0.15, 0.2) is 0 Å². The number of nitrogens with zero attached hydrogens (tertiary/aromatic N) is 4. The summed E-state index contributed by atoms with van der Waals surface area (Å²) in [5, 5.41) is 8.08.